The summed E-state index contributed by atoms with van der Waals surface area (Å²) >= 11 is 0. The van der Waals surface area contributed by atoms with Crippen molar-refractivity contribution in [3.8, 4) is 0 Å². The number of aromatic nitrogens is 3. The number of hydrogen-bond donors (Lipinski definition) is 1. The summed E-state index contributed by atoms with van der Waals surface area (Å²) in [6.45, 7) is 4.84. The highest BCUT2D eigenvalue weighted by Gasteiger charge is 2.30. The summed E-state index contributed by atoms with van der Waals surface area (Å²) in [5, 5.41) is -2.61. The molecule has 2 heterocycles. The summed E-state index contributed by atoms with van der Waals surface area (Å²) in [7, 11) is -7.01. The number of sulfone groups is 2. The monoisotopic (exact) mass is 490 g/mol. The van der Waals surface area contributed by atoms with Crippen LogP contribution < -0.4 is 4.90 Å². The molecule has 0 spiro atoms. The van der Waals surface area contributed by atoms with Crippen LogP contribution in [0.5, 0.6) is 0 Å². The van der Waals surface area contributed by atoms with E-state index in [4.69, 9.17) is 4.74 Å². The van der Waals surface area contributed by atoms with Gasteiger partial charge in [-0.3, -0.25) is 4.90 Å². The molecule has 0 aliphatic heterocycles. The second kappa shape index (κ2) is 7.33. The van der Waals surface area contributed by atoms with Gasteiger partial charge >= 0.3 is 6.09 Å². The lowest BCUT2D eigenvalue weighted by Crippen LogP contribution is -2.34. The maximum atomic E-state index is 14.9. The van der Waals surface area contributed by atoms with Gasteiger partial charge in [0.2, 0.25) is 15.0 Å². The molecule has 1 amide bonds. The van der Waals surface area contributed by atoms with E-state index in [9.17, 15) is 30.4 Å². The van der Waals surface area contributed by atoms with Gasteiger partial charge in [0.1, 0.15) is 11.2 Å². The van der Waals surface area contributed by atoms with Crippen molar-refractivity contribution in [2.24, 2.45) is 0 Å². The van der Waals surface area contributed by atoms with Crippen molar-refractivity contribution in [2.75, 3.05) is 24.5 Å². The quantitative estimate of drug-likeness (QED) is 0.436. The van der Waals surface area contributed by atoms with E-state index < -0.39 is 64.0 Å². The average Bonchev–Trinajstić information content (AvgIpc) is 2.99. The zero-order chi connectivity index (χ0) is 24.4. The Bertz CT molecular complexity index is 1490. The second-order valence-electron chi connectivity index (χ2n) is 8.19. The van der Waals surface area contributed by atoms with Crippen LogP contribution in [-0.4, -0.2) is 63.0 Å². The molecule has 3 rings (SSSR count). The van der Waals surface area contributed by atoms with E-state index in [1.54, 1.807) is 20.8 Å². The van der Waals surface area contributed by atoms with Gasteiger partial charge in [0.25, 0.3) is 0 Å². The number of nitrogens with one attached hydrogen (secondary N) is 1. The first-order valence-electron chi connectivity index (χ1n) is 9.00. The molecule has 0 fully saturated rings. The molecule has 0 saturated heterocycles. The first-order valence-corrected chi connectivity index (χ1v) is 12.8. The van der Waals surface area contributed by atoms with Crippen molar-refractivity contribution >= 4 is 53.4 Å². The summed E-state index contributed by atoms with van der Waals surface area (Å²) in [6.07, 6.45) is 0.616. The maximum absolute atomic E-state index is 14.9. The van der Waals surface area contributed by atoms with Crippen molar-refractivity contribution in [3.05, 3.63) is 17.7 Å². The van der Waals surface area contributed by atoms with Crippen LogP contribution in [0.4, 0.5) is 19.3 Å². The van der Waals surface area contributed by atoms with E-state index in [2.05, 4.69) is 15.0 Å². The molecule has 1 aromatic carbocycles. The molecular weight excluding hydrogens is 470 g/mol. The predicted octanol–water partition coefficient (Wildman–Crippen LogP) is 2.57. The molecule has 0 atom stereocenters. The van der Waals surface area contributed by atoms with Crippen LogP contribution in [0.3, 0.4) is 0 Å². The smallest absolute Gasteiger partial charge is 0.414 e. The van der Waals surface area contributed by atoms with Crippen molar-refractivity contribution in [3.63, 3.8) is 0 Å². The Labute approximate surface area is 182 Å². The van der Waals surface area contributed by atoms with Gasteiger partial charge < -0.3 is 9.72 Å². The fourth-order valence-corrected chi connectivity index (χ4v) is 4.35. The highest BCUT2D eigenvalue weighted by molar-refractivity contribution is 7.91. The minimum absolute atomic E-state index is 0.188. The molecule has 0 aliphatic carbocycles. The molecule has 10 nitrogen and oxygen atoms in total. The number of aromatic amines is 1. The van der Waals surface area contributed by atoms with Gasteiger partial charge in [-0.1, -0.05) is 0 Å². The Kier molecular flexibility index (Phi) is 5.45. The van der Waals surface area contributed by atoms with Crippen LogP contribution in [0.2, 0.25) is 0 Å². The third kappa shape index (κ3) is 4.24. The van der Waals surface area contributed by atoms with Crippen molar-refractivity contribution in [1.82, 2.24) is 15.0 Å². The van der Waals surface area contributed by atoms with Gasteiger partial charge in [-0.25, -0.2) is 40.4 Å². The third-order valence-electron chi connectivity index (χ3n) is 4.26. The van der Waals surface area contributed by atoms with Gasteiger partial charge in [0, 0.05) is 25.6 Å². The lowest BCUT2D eigenvalue weighted by atomic mass is 10.1. The van der Waals surface area contributed by atoms with Gasteiger partial charge in [0.05, 0.1) is 22.0 Å². The van der Waals surface area contributed by atoms with Crippen LogP contribution in [0, 0.1) is 11.6 Å². The molecule has 14 heteroatoms. The molecular formula is C18H20F2N4O6S2. The van der Waals surface area contributed by atoms with Crippen molar-refractivity contribution in [1.29, 1.82) is 0 Å². The van der Waals surface area contributed by atoms with Crippen molar-refractivity contribution in [2.45, 2.75) is 36.6 Å². The number of carbonyl (C=O) groups is 1. The first kappa shape index (κ1) is 23.8. The molecule has 1 N–H and O–H groups in total. The standard InChI is InChI=1S/C18H20F2N4O6S2/c1-18(2,3)30-17(25)24(4)9-7-8(19)12(20)10-11-14(21-13(9)10)22-16(32(6,28)29)23-15(11)31(5,26)27/h7H,1-6H3,(H,21,22,23). The molecule has 32 heavy (non-hydrogen) atoms. The molecule has 0 radical (unpaired) electrons. The SMILES string of the molecule is CN(C(=O)OC(C)(C)C)c1cc(F)c(F)c2c1[nH]c1nc(S(C)(=O)=O)nc(S(C)(=O)=O)c12. The normalized spacial score (nSPS) is 13.0. The van der Waals surface area contributed by atoms with Crippen molar-refractivity contribution < 1.29 is 35.1 Å². The Morgan fingerprint density at radius 1 is 1.06 bits per heavy atom. The third-order valence-corrected chi connectivity index (χ3v) is 6.10. The summed E-state index contributed by atoms with van der Waals surface area (Å²) in [5.74, 6) is -2.80. The number of H-pyrrole nitrogens is 1. The van der Waals surface area contributed by atoms with E-state index in [-0.39, 0.29) is 16.9 Å². The number of ether oxygens (including phenoxy) is 1. The Morgan fingerprint density at radius 3 is 2.16 bits per heavy atom. The topological polar surface area (TPSA) is 139 Å². The predicted molar refractivity (Wildman–Crippen MR) is 112 cm³/mol. The van der Waals surface area contributed by atoms with Crippen LogP contribution >= 0.6 is 0 Å². The lowest BCUT2D eigenvalue weighted by molar-refractivity contribution is 0.0589. The molecule has 174 valence electrons. The molecule has 0 bridgehead atoms. The van der Waals surface area contributed by atoms with E-state index >= 15 is 0 Å². The summed E-state index contributed by atoms with van der Waals surface area (Å²) in [4.78, 5) is 23.4. The average molecular weight is 491 g/mol. The summed E-state index contributed by atoms with van der Waals surface area (Å²) < 4.78 is 83.2. The zero-order valence-corrected chi connectivity index (χ0v) is 19.6. The van der Waals surface area contributed by atoms with E-state index in [1.807, 2.05) is 0 Å². The number of nitrogens with zero attached hydrogens (tertiary/aromatic N) is 3. The number of anilines is 1. The van der Waals surface area contributed by atoms with E-state index in [1.165, 1.54) is 7.05 Å². The fourth-order valence-electron chi connectivity index (χ4n) is 2.96. The van der Waals surface area contributed by atoms with Gasteiger partial charge in [0.15, 0.2) is 26.5 Å². The minimum atomic E-state index is -4.21. The number of halogens is 2. The van der Waals surface area contributed by atoms with E-state index in [0.717, 1.165) is 23.5 Å². The molecule has 3 aromatic rings. The van der Waals surface area contributed by atoms with E-state index in [0.29, 0.717) is 0 Å². The van der Waals surface area contributed by atoms with Crippen LogP contribution in [0.25, 0.3) is 21.9 Å². The van der Waals surface area contributed by atoms with Crippen LogP contribution in [-0.2, 0) is 24.4 Å². The summed E-state index contributed by atoms with van der Waals surface area (Å²) in [6, 6.07) is 0.724. The lowest BCUT2D eigenvalue weighted by Gasteiger charge is -2.25. The number of hydrogen-bond acceptors (Lipinski definition) is 8. The second-order valence-corrected chi connectivity index (χ2v) is 12.0. The maximum Gasteiger partial charge on any atom is 0.414 e. The number of benzene rings is 1. The minimum Gasteiger partial charge on any atom is -0.443 e. The molecule has 0 saturated carbocycles. The number of carbonyl (C=O) groups excluding carboxylic acids is 1. The number of rotatable bonds is 3. The highest BCUT2D eigenvalue weighted by atomic mass is 32.2. The zero-order valence-electron chi connectivity index (χ0n) is 17.9. The first-order chi connectivity index (χ1) is 14.4. The van der Waals surface area contributed by atoms with Crippen LogP contribution in [0.15, 0.2) is 16.2 Å². The Balaban J connectivity index is 2.47. The molecule has 2 aromatic heterocycles. The molecule has 0 aliphatic rings. The summed E-state index contributed by atoms with van der Waals surface area (Å²) in [5.41, 5.74) is -1.63. The van der Waals surface area contributed by atoms with Gasteiger partial charge in [-0.05, 0) is 20.8 Å². The highest BCUT2D eigenvalue weighted by Crippen LogP contribution is 2.38. The van der Waals surface area contributed by atoms with Crippen LogP contribution in [0.1, 0.15) is 20.8 Å². The largest absolute Gasteiger partial charge is 0.443 e. The van der Waals surface area contributed by atoms with Gasteiger partial charge in [-0.15, -0.1) is 0 Å². The molecule has 0 unspecified atom stereocenters. The number of fused-ring (bicyclic) bond motifs is 3. The number of amides is 1. The van der Waals surface area contributed by atoms with Gasteiger partial charge in [-0.2, -0.15) is 0 Å². The Morgan fingerprint density at radius 2 is 1.66 bits per heavy atom. The Hall–Kier alpha value is -2.87. The fraction of sp³-hybridized carbons (Fsp3) is 0.389.